The van der Waals surface area contributed by atoms with Gasteiger partial charge in [0.1, 0.15) is 5.78 Å². The summed E-state index contributed by atoms with van der Waals surface area (Å²) in [4.78, 5) is 35.0. The first-order chi connectivity index (χ1) is 11.9. The minimum atomic E-state index is -0.762. The molecule has 1 aliphatic rings. The maximum Gasteiger partial charge on any atom is 0.237 e. The summed E-state index contributed by atoms with van der Waals surface area (Å²) in [7, 11) is 0. The molecule has 136 valence electrons. The molecule has 25 heavy (non-hydrogen) atoms. The molecule has 0 aliphatic carbocycles. The fraction of sp³-hybridized carbons (Fsp3) is 0.500. The number of carbonyl (C=O) groups excluding carboxylic acids is 3. The number of carbonyl (C=O) groups is 3. The summed E-state index contributed by atoms with van der Waals surface area (Å²) < 4.78 is 0. The number of rotatable bonds is 8. The lowest BCUT2D eigenvalue weighted by Crippen LogP contribution is -2.45. The standard InChI is InChI=1S/C18H26N4O3/c1-11(6-14(19)18(25)22-10-17(20)24)7-16(23)15-8-12-4-2-3-5-13(12)9-21-15/h2-5,11,14-15,21H,6-10,19H2,1H3,(H2,20,24)(H,22,25)/t11?,14-,15?/m0/s1. The third kappa shape index (κ3) is 5.65. The van der Waals surface area contributed by atoms with Gasteiger partial charge in [0.2, 0.25) is 11.8 Å². The van der Waals surface area contributed by atoms with Crippen molar-refractivity contribution in [1.82, 2.24) is 10.6 Å². The number of amides is 2. The van der Waals surface area contributed by atoms with Crippen molar-refractivity contribution < 1.29 is 14.4 Å². The van der Waals surface area contributed by atoms with E-state index >= 15 is 0 Å². The Labute approximate surface area is 147 Å². The zero-order chi connectivity index (χ0) is 18.4. The van der Waals surface area contributed by atoms with Crippen LogP contribution < -0.4 is 22.1 Å². The lowest BCUT2D eigenvalue weighted by Gasteiger charge is -2.26. The highest BCUT2D eigenvalue weighted by Crippen LogP contribution is 2.19. The fourth-order valence-corrected chi connectivity index (χ4v) is 3.10. The van der Waals surface area contributed by atoms with Gasteiger partial charge in [0.15, 0.2) is 0 Å². The number of nitrogens with one attached hydrogen (secondary N) is 2. The topological polar surface area (TPSA) is 127 Å². The van der Waals surface area contributed by atoms with Crippen molar-refractivity contribution in [3.8, 4) is 0 Å². The van der Waals surface area contributed by atoms with Crippen LogP contribution in [0.25, 0.3) is 0 Å². The summed E-state index contributed by atoms with van der Waals surface area (Å²) in [5.41, 5.74) is 13.2. The highest BCUT2D eigenvalue weighted by Gasteiger charge is 2.26. The highest BCUT2D eigenvalue weighted by atomic mass is 16.2. The summed E-state index contributed by atoms with van der Waals surface area (Å²) in [6, 6.07) is 7.14. The van der Waals surface area contributed by atoms with Crippen LogP contribution in [0, 0.1) is 5.92 Å². The van der Waals surface area contributed by atoms with E-state index in [4.69, 9.17) is 11.5 Å². The number of nitrogens with two attached hydrogens (primary N) is 2. The third-order valence-electron chi connectivity index (χ3n) is 4.45. The van der Waals surface area contributed by atoms with E-state index in [1.807, 2.05) is 19.1 Å². The van der Waals surface area contributed by atoms with Crippen LogP contribution in [0.15, 0.2) is 24.3 Å². The molecule has 7 heteroatoms. The first kappa shape index (κ1) is 19.1. The maximum absolute atomic E-state index is 12.5. The molecule has 0 spiro atoms. The molecule has 6 N–H and O–H groups in total. The molecule has 1 heterocycles. The Morgan fingerprint density at radius 3 is 2.64 bits per heavy atom. The molecule has 3 atom stereocenters. The third-order valence-corrected chi connectivity index (χ3v) is 4.45. The van der Waals surface area contributed by atoms with Crippen LogP contribution >= 0.6 is 0 Å². The predicted octanol–water partition coefficient (Wildman–Crippen LogP) is -0.385. The summed E-state index contributed by atoms with van der Waals surface area (Å²) in [5, 5.41) is 5.66. The van der Waals surface area contributed by atoms with Crippen molar-refractivity contribution in [3.63, 3.8) is 0 Å². The van der Waals surface area contributed by atoms with Crippen LogP contribution in [0.5, 0.6) is 0 Å². The van der Waals surface area contributed by atoms with Gasteiger partial charge in [-0.15, -0.1) is 0 Å². The Hall–Kier alpha value is -2.25. The van der Waals surface area contributed by atoms with Gasteiger partial charge in [0.05, 0.1) is 18.6 Å². The molecule has 0 radical (unpaired) electrons. The first-order valence-electron chi connectivity index (χ1n) is 8.51. The van der Waals surface area contributed by atoms with E-state index in [2.05, 4.69) is 22.8 Å². The van der Waals surface area contributed by atoms with Crippen LogP contribution in [0.1, 0.15) is 30.9 Å². The van der Waals surface area contributed by atoms with E-state index in [-0.39, 0.29) is 24.3 Å². The molecular formula is C18H26N4O3. The zero-order valence-electron chi connectivity index (χ0n) is 14.5. The second-order valence-corrected chi connectivity index (χ2v) is 6.71. The first-order valence-corrected chi connectivity index (χ1v) is 8.51. The monoisotopic (exact) mass is 346 g/mol. The van der Waals surface area contributed by atoms with Gasteiger partial charge in [0.25, 0.3) is 0 Å². The minimum absolute atomic E-state index is 0.0270. The largest absolute Gasteiger partial charge is 0.368 e. The minimum Gasteiger partial charge on any atom is -0.368 e. The lowest BCUT2D eigenvalue weighted by molar-refractivity contribution is -0.126. The van der Waals surface area contributed by atoms with Crippen LogP contribution in [-0.2, 0) is 27.3 Å². The van der Waals surface area contributed by atoms with Gasteiger partial charge in [-0.1, -0.05) is 31.2 Å². The summed E-state index contributed by atoms with van der Waals surface area (Å²) >= 11 is 0. The van der Waals surface area contributed by atoms with Crippen LogP contribution in [0.3, 0.4) is 0 Å². The molecule has 1 aromatic carbocycles. The number of Topliss-reactive ketones (excluding diaryl/α,β-unsaturated/α-hetero) is 1. The average molecular weight is 346 g/mol. The van der Waals surface area contributed by atoms with Crippen molar-refractivity contribution in [2.24, 2.45) is 17.4 Å². The van der Waals surface area contributed by atoms with Gasteiger partial charge in [0, 0.05) is 13.0 Å². The Balaban J connectivity index is 1.80. The molecule has 2 amide bonds. The Kier molecular flexibility index (Phi) is 6.66. The quantitative estimate of drug-likeness (QED) is 0.510. The van der Waals surface area contributed by atoms with E-state index in [0.717, 1.165) is 0 Å². The molecule has 0 saturated carbocycles. The van der Waals surface area contributed by atoms with E-state index in [0.29, 0.717) is 25.8 Å². The molecule has 0 fully saturated rings. The van der Waals surface area contributed by atoms with Gasteiger partial charge >= 0.3 is 0 Å². The van der Waals surface area contributed by atoms with Gasteiger partial charge in [-0.25, -0.2) is 0 Å². The van der Waals surface area contributed by atoms with Crippen molar-refractivity contribution in [1.29, 1.82) is 0 Å². The van der Waals surface area contributed by atoms with Crippen molar-refractivity contribution in [3.05, 3.63) is 35.4 Å². The van der Waals surface area contributed by atoms with Gasteiger partial charge in [-0.05, 0) is 29.9 Å². The van der Waals surface area contributed by atoms with Gasteiger partial charge < -0.3 is 22.1 Å². The van der Waals surface area contributed by atoms with Gasteiger partial charge in [-0.3, -0.25) is 14.4 Å². The Bertz CT molecular complexity index is 647. The molecular weight excluding hydrogens is 320 g/mol. The lowest BCUT2D eigenvalue weighted by atomic mass is 9.88. The van der Waals surface area contributed by atoms with Crippen molar-refractivity contribution in [2.45, 2.75) is 44.8 Å². The number of hydrogen-bond acceptors (Lipinski definition) is 5. The molecule has 2 rings (SSSR count). The summed E-state index contributed by atoms with van der Waals surface area (Å²) in [6.45, 7) is 2.36. The van der Waals surface area contributed by atoms with Gasteiger partial charge in [-0.2, -0.15) is 0 Å². The predicted molar refractivity (Wildman–Crippen MR) is 94.4 cm³/mol. The zero-order valence-corrected chi connectivity index (χ0v) is 14.5. The SMILES string of the molecule is CC(CC(=O)C1Cc2ccccc2CN1)C[C@H](N)C(=O)NCC(N)=O. The van der Waals surface area contributed by atoms with Crippen LogP contribution in [-0.4, -0.2) is 36.2 Å². The molecule has 0 bridgehead atoms. The summed E-state index contributed by atoms with van der Waals surface area (Å²) in [6.07, 6.45) is 1.42. The highest BCUT2D eigenvalue weighted by molar-refractivity contribution is 5.87. The Morgan fingerprint density at radius 1 is 1.28 bits per heavy atom. The molecule has 1 aliphatic heterocycles. The molecule has 0 aromatic heterocycles. The fourth-order valence-electron chi connectivity index (χ4n) is 3.10. The number of hydrogen-bond donors (Lipinski definition) is 4. The normalized spacial score (nSPS) is 18.7. The van der Waals surface area contributed by atoms with Crippen molar-refractivity contribution >= 4 is 17.6 Å². The Morgan fingerprint density at radius 2 is 1.96 bits per heavy atom. The average Bonchev–Trinajstić information content (AvgIpc) is 2.58. The number of primary amides is 1. The molecule has 2 unspecified atom stereocenters. The molecule has 7 nitrogen and oxygen atoms in total. The number of fused-ring (bicyclic) bond motifs is 1. The van der Waals surface area contributed by atoms with E-state index in [1.165, 1.54) is 11.1 Å². The van der Waals surface area contributed by atoms with Crippen LogP contribution in [0.2, 0.25) is 0 Å². The smallest absolute Gasteiger partial charge is 0.237 e. The molecule has 1 aromatic rings. The molecule has 0 saturated heterocycles. The number of ketones is 1. The van der Waals surface area contributed by atoms with E-state index in [9.17, 15) is 14.4 Å². The maximum atomic E-state index is 12.5. The second-order valence-electron chi connectivity index (χ2n) is 6.71. The second kappa shape index (κ2) is 8.73. The van der Waals surface area contributed by atoms with Crippen LogP contribution in [0.4, 0.5) is 0 Å². The summed E-state index contributed by atoms with van der Waals surface area (Å²) in [5.74, 6) is -0.942. The van der Waals surface area contributed by atoms with E-state index < -0.39 is 17.9 Å². The van der Waals surface area contributed by atoms with Crippen molar-refractivity contribution in [2.75, 3.05) is 6.54 Å². The van der Waals surface area contributed by atoms with E-state index in [1.54, 1.807) is 0 Å². The number of benzene rings is 1.